The van der Waals surface area contributed by atoms with Crippen molar-refractivity contribution in [2.75, 3.05) is 20.6 Å². The molecule has 0 saturated heterocycles. The highest BCUT2D eigenvalue weighted by atomic mass is 16.2. The van der Waals surface area contributed by atoms with Crippen molar-refractivity contribution in [2.24, 2.45) is 5.73 Å². The minimum absolute atomic E-state index is 0.0428. The molecule has 2 atom stereocenters. The zero-order valence-corrected chi connectivity index (χ0v) is 9.71. The van der Waals surface area contributed by atoms with Gasteiger partial charge in [0.2, 0.25) is 5.91 Å². The molecule has 0 fully saturated rings. The van der Waals surface area contributed by atoms with Crippen molar-refractivity contribution >= 4 is 5.91 Å². The number of nitrogens with one attached hydrogen (secondary N) is 1. The van der Waals surface area contributed by atoms with E-state index in [2.05, 4.69) is 10.2 Å². The Kier molecular flexibility index (Phi) is 6.49. The van der Waals surface area contributed by atoms with Crippen LogP contribution >= 0.6 is 0 Å². The lowest BCUT2D eigenvalue weighted by Crippen LogP contribution is -2.44. The van der Waals surface area contributed by atoms with E-state index in [9.17, 15) is 4.79 Å². The first-order valence-electron chi connectivity index (χ1n) is 5.18. The molecule has 0 aliphatic heterocycles. The normalized spacial score (nSPS) is 15.3. The number of nitrogens with two attached hydrogens (primary N) is 1. The molecule has 0 radical (unpaired) electrons. The van der Waals surface area contributed by atoms with E-state index >= 15 is 0 Å². The Balaban J connectivity index is 3.71. The smallest absolute Gasteiger partial charge is 0.237 e. The third kappa shape index (κ3) is 5.94. The van der Waals surface area contributed by atoms with E-state index in [-0.39, 0.29) is 18.0 Å². The van der Waals surface area contributed by atoms with Gasteiger partial charge in [0.05, 0.1) is 6.04 Å². The van der Waals surface area contributed by atoms with Gasteiger partial charge < -0.3 is 16.0 Å². The lowest BCUT2D eigenvalue weighted by Gasteiger charge is -2.18. The van der Waals surface area contributed by atoms with Crippen LogP contribution in [0.25, 0.3) is 0 Å². The molecule has 4 heteroatoms. The summed E-state index contributed by atoms with van der Waals surface area (Å²) in [7, 11) is 4.04. The first-order chi connectivity index (χ1) is 6.47. The van der Waals surface area contributed by atoms with Crippen LogP contribution in [-0.4, -0.2) is 43.5 Å². The van der Waals surface area contributed by atoms with Gasteiger partial charge in [0.1, 0.15) is 0 Å². The van der Waals surface area contributed by atoms with Crippen molar-refractivity contribution in [2.45, 2.75) is 38.8 Å². The van der Waals surface area contributed by atoms with Gasteiger partial charge in [-0.05, 0) is 40.4 Å². The number of hydrogen-bond donors (Lipinski definition) is 2. The molecule has 0 saturated carbocycles. The number of nitrogens with zero attached hydrogens (tertiary/aromatic N) is 1. The molecule has 0 aromatic carbocycles. The lowest BCUT2D eigenvalue weighted by atomic mass is 10.2. The molecule has 0 spiro atoms. The van der Waals surface area contributed by atoms with E-state index in [0.717, 1.165) is 13.0 Å². The fourth-order valence-electron chi connectivity index (χ4n) is 1.06. The first kappa shape index (κ1) is 13.4. The van der Waals surface area contributed by atoms with Crippen LogP contribution in [-0.2, 0) is 4.79 Å². The van der Waals surface area contributed by atoms with Crippen LogP contribution in [0.1, 0.15) is 26.7 Å². The summed E-state index contributed by atoms with van der Waals surface area (Å²) in [4.78, 5) is 13.5. The van der Waals surface area contributed by atoms with Crippen LogP contribution in [0.3, 0.4) is 0 Å². The highest BCUT2D eigenvalue weighted by Gasteiger charge is 2.13. The fraction of sp³-hybridized carbons (Fsp3) is 0.900. The third-order valence-corrected chi connectivity index (χ3v) is 2.17. The first-order valence-corrected chi connectivity index (χ1v) is 5.18. The molecule has 0 aliphatic rings. The average Bonchev–Trinajstić information content (AvgIpc) is 2.13. The maximum atomic E-state index is 11.4. The van der Waals surface area contributed by atoms with Crippen LogP contribution in [0.2, 0.25) is 0 Å². The van der Waals surface area contributed by atoms with Gasteiger partial charge >= 0.3 is 0 Å². The lowest BCUT2D eigenvalue weighted by molar-refractivity contribution is -0.123. The molecule has 1 amide bonds. The second-order valence-corrected chi connectivity index (χ2v) is 4.02. The molecule has 14 heavy (non-hydrogen) atoms. The highest BCUT2D eigenvalue weighted by Crippen LogP contribution is 1.94. The van der Waals surface area contributed by atoms with Crippen LogP contribution in [0, 0.1) is 0 Å². The van der Waals surface area contributed by atoms with E-state index in [1.165, 1.54) is 0 Å². The van der Waals surface area contributed by atoms with E-state index in [4.69, 9.17) is 5.73 Å². The zero-order valence-electron chi connectivity index (χ0n) is 9.71. The number of rotatable bonds is 6. The Hall–Kier alpha value is -0.610. The maximum absolute atomic E-state index is 11.4. The van der Waals surface area contributed by atoms with E-state index in [0.29, 0.717) is 6.42 Å². The monoisotopic (exact) mass is 201 g/mol. The van der Waals surface area contributed by atoms with Gasteiger partial charge in [0.25, 0.3) is 0 Å². The van der Waals surface area contributed by atoms with E-state index in [1.54, 1.807) is 0 Å². The standard InChI is InChI=1S/C10H23N3O/c1-5-9(11)10(14)12-8(2)6-7-13(3)4/h8-9H,5-7,11H2,1-4H3,(H,12,14)/t8?,9-/m0/s1. The summed E-state index contributed by atoms with van der Waals surface area (Å²) < 4.78 is 0. The zero-order chi connectivity index (χ0) is 11.1. The molecule has 1 unspecified atom stereocenters. The number of carbonyl (C=O) groups excluding carboxylic acids is 1. The highest BCUT2D eigenvalue weighted by molar-refractivity contribution is 5.81. The van der Waals surface area contributed by atoms with Crippen LogP contribution in [0.15, 0.2) is 0 Å². The summed E-state index contributed by atoms with van der Waals surface area (Å²) in [6.45, 7) is 4.89. The molecule has 0 aliphatic carbocycles. The molecule has 3 N–H and O–H groups in total. The number of amides is 1. The number of hydrogen-bond acceptors (Lipinski definition) is 3. The molecule has 4 nitrogen and oxygen atoms in total. The summed E-state index contributed by atoms with van der Waals surface area (Å²) >= 11 is 0. The average molecular weight is 201 g/mol. The summed E-state index contributed by atoms with van der Waals surface area (Å²) in [5.74, 6) is -0.0428. The van der Waals surface area contributed by atoms with Crippen molar-refractivity contribution in [3.63, 3.8) is 0 Å². The summed E-state index contributed by atoms with van der Waals surface area (Å²) in [5.41, 5.74) is 5.60. The molecule has 0 rings (SSSR count). The Morgan fingerprint density at radius 2 is 2.07 bits per heavy atom. The van der Waals surface area contributed by atoms with Gasteiger partial charge in [-0.25, -0.2) is 0 Å². The quantitative estimate of drug-likeness (QED) is 0.644. The predicted molar refractivity (Wildman–Crippen MR) is 59.0 cm³/mol. The molecular formula is C10H23N3O. The topological polar surface area (TPSA) is 58.4 Å². The van der Waals surface area contributed by atoms with Crippen molar-refractivity contribution < 1.29 is 4.79 Å². The fourth-order valence-corrected chi connectivity index (χ4v) is 1.06. The Labute approximate surface area is 86.8 Å². The summed E-state index contributed by atoms with van der Waals surface area (Å²) in [5, 5.41) is 2.90. The minimum Gasteiger partial charge on any atom is -0.352 e. The van der Waals surface area contributed by atoms with Crippen LogP contribution in [0.5, 0.6) is 0 Å². The van der Waals surface area contributed by atoms with Gasteiger partial charge in [-0.3, -0.25) is 4.79 Å². The van der Waals surface area contributed by atoms with Gasteiger partial charge in [0.15, 0.2) is 0 Å². The van der Waals surface area contributed by atoms with Crippen LogP contribution in [0.4, 0.5) is 0 Å². The van der Waals surface area contributed by atoms with E-state index < -0.39 is 0 Å². The van der Waals surface area contributed by atoms with Gasteiger partial charge in [-0.2, -0.15) is 0 Å². The SMILES string of the molecule is CC[C@H](N)C(=O)NC(C)CCN(C)C. The van der Waals surface area contributed by atoms with Crippen molar-refractivity contribution in [3.8, 4) is 0 Å². The second-order valence-electron chi connectivity index (χ2n) is 4.02. The van der Waals surface area contributed by atoms with Crippen molar-refractivity contribution in [1.82, 2.24) is 10.2 Å². The second kappa shape index (κ2) is 6.79. The van der Waals surface area contributed by atoms with Crippen molar-refractivity contribution in [1.29, 1.82) is 0 Å². The predicted octanol–water partition coefficient (Wildman–Crippen LogP) is 0.180. The summed E-state index contributed by atoms with van der Waals surface area (Å²) in [6, 6.07) is -0.167. The summed E-state index contributed by atoms with van der Waals surface area (Å²) in [6.07, 6.45) is 1.64. The van der Waals surface area contributed by atoms with E-state index in [1.807, 2.05) is 27.9 Å². The van der Waals surface area contributed by atoms with Gasteiger partial charge in [-0.15, -0.1) is 0 Å². The third-order valence-electron chi connectivity index (χ3n) is 2.17. The van der Waals surface area contributed by atoms with Crippen LogP contribution < -0.4 is 11.1 Å². The molecular weight excluding hydrogens is 178 g/mol. The molecule has 0 aromatic rings. The van der Waals surface area contributed by atoms with Gasteiger partial charge in [0, 0.05) is 6.04 Å². The molecule has 84 valence electrons. The molecule has 0 bridgehead atoms. The Morgan fingerprint density at radius 1 is 1.50 bits per heavy atom. The Morgan fingerprint density at radius 3 is 2.50 bits per heavy atom. The molecule has 0 aromatic heterocycles. The largest absolute Gasteiger partial charge is 0.352 e. The minimum atomic E-state index is -0.364. The maximum Gasteiger partial charge on any atom is 0.237 e. The van der Waals surface area contributed by atoms with Crippen molar-refractivity contribution in [3.05, 3.63) is 0 Å². The number of carbonyl (C=O) groups is 1. The molecule has 0 heterocycles. The Bertz CT molecular complexity index is 171. The van der Waals surface area contributed by atoms with Gasteiger partial charge in [-0.1, -0.05) is 6.92 Å².